The van der Waals surface area contributed by atoms with Crippen LogP contribution in [0.2, 0.25) is 0 Å². The van der Waals surface area contributed by atoms with E-state index in [4.69, 9.17) is 5.11 Å². The zero-order chi connectivity index (χ0) is 5.86. The lowest BCUT2D eigenvalue weighted by Gasteiger charge is -1.85. The largest absolute Gasteiger partial charge is 0.465 e. The number of hydrogen-bond donors (Lipinski definition) is 3. The first-order chi connectivity index (χ1) is 3.13. The molecular weight excluding hydrogens is 118 g/mol. The van der Waals surface area contributed by atoms with Gasteiger partial charge in [-0.3, -0.25) is 10.1 Å². The fourth-order valence-corrected chi connectivity index (χ4v) is 0.187. The van der Waals surface area contributed by atoms with Gasteiger partial charge in [0.15, 0.2) is 0 Å². The summed E-state index contributed by atoms with van der Waals surface area (Å²) < 4.78 is 0. The van der Waals surface area contributed by atoms with Crippen molar-refractivity contribution in [3.05, 3.63) is 0 Å². The van der Waals surface area contributed by atoms with Gasteiger partial charge in [0, 0.05) is 0 Å². The Morgan fingerprint density at radius 3 is 2.00 bits per heavy atom. The van der Waals surface area contributed by atoms with Crippen molar-refractivity contribution in [2.75, 3.05) is 0 Å². The molecule has 0 bridgehead atoms. The van der Waals surface area contributed by atoms with Crippen LogP contribution in [0.5, 0.6) is 0 Å². The van der Waals surface area contributed by atoms with Crippen molar-refractivity contribution in [1.82, 2.24) is 5.32 Å². The van der Waals surface area contributed by atoms with Gasteiger partial charge in [0.2, 0.25) is 0 Å². The minimum atomic E-state index is -1.39. The second-order valence-corrected chi connectivity index (χ2v) is 1.14. The third-order valence-electron chi connectivity index (χ3n) is 0.214. The molecule has 7 heavy (non-hydrogen) atoms. The van der Waals surface area contributed by atoms with E-state index in [0.29, 0.717) is 0 Å². The molecule has 0 aromatic heterocycles. The molecule has 2 amide bonds. The summed E-state index contributed by atoms with van der Waals surface area (Å²) in [6, 6.07) is 0. The lowest BCUT2D eigenvalue weighted by atomic mass is 11.1. The van der Waals surface area contributed by atoms with Crippen molar-refractivity contribution in [2.24, 2.45) is 0 Å². The van der Waals surface area contributed by atoms with Crippen LogP contribution in [0.25, 0.3) is 0 Å². The SMILES string of the molecule is O=C(O)NC(=O)S. The maximum atomic E-state index is 9.63. The number of imide groups is 1. The van der Waals surface area contributed by atoms with Crippen LogP contribution in [0.15, 0.2) is 0 Å². The first-order valence-electron chi connectivity index (χ1n) is 1.36. The number of thiol groups is 1. The second kappa shape index (κ2) is 2.46. The van der Waals surface area contributed by atoms with Gasteiger partial charge in [-0.2, -0.15) is 0 Å². The molecule has 4 nitrogen and oxygen atoms in total. The molecule has 0 heterocycles. The van der Waals surface area contributed by atoms with Crippen molar-refractivity contribution in [2.45, 2.75) is 0 Å². The van der Waals surface area contributed by atoms with Gasteiger partial charge in [-0.1, -0.05) is 12.6 Å². The Morgan fingerprint density at radius 1 is 1.57 bits per heavy atom. The highest BCUT2D eigenvalue weighted by Crippen LogP contribution is 1.72. The molecule has 0 rings (SSSR count). The number of carbonyl (C=O) groups excluding carboxylic acids is 1. The van der Waals surface area contributed by atoms with Crippen LogP contribution < -0.4 is 5.32 Å². The lowest BCUT2D eigenvalue weighted by molar-refractivity contribution is 0.195. The second-order valence-electron chi connectivity index (χ2n) is 0.735. The number of rotatable bonds is 0. The topological polar surface area (TPSA) is 66.4 Å². The highest BCUT2D eigenvalue weighted by molar-refractivity contribution is 7.96. The normalized spacial score (nSPS) is 7.57. The predicted octanol–water partition coefficient (Wildman–Crippen LogP) is 0.304. The third-order valence-corrected chi connectivity index (χ3v) is 0.326. The minimum Gasteiger partial charge on any atom is -0.465 e. The van der Waals surface area contributed by atoms with Crippen molar-refractivity contribution >= 4 is 24.0 Å². The van der Waals surface area contributed by atoms with Gasteiger partial charge in [0.1, 0.15) is 0 Å². The summed E-state index contributed by atoms with van der Waals surface area (Å²) in [5.41, 5.74) is 0. The third kappa shape index (κ3) is 5.29. The summed E-state index contributed by atoms with van der Waals surface area (Å²) in [5.74, 6) is 0. The zero-order valence-corrected chi connectivity index (χ0v) is 4.11. The quantitative estimate of drug-likeness (QED) is 0.404. The Morgan fingerprint density at radius 2 is 2.00 bits per heavy atom. The summed E-state index contributed by atoms with van der Waals surface area (Å²) in [5, 5.41) is 8.28. The summed E-state index contributed by atoms with van der Waals surface area (Å²) in [7, 11) is 0. The Bertz CT molecular complexity index is 89.1. The van der Waals surface area contributed by atoms with Gasteiger partial charge < -0.3 is 5.11 Å². The Labute approximate surface area is 44.9 Å². The molecule has 0 aromatic rings. The van der Waals surface area contributed by atoms with E-state index >= 15 is 0 Å². The molecule has 5 heteroatoms. The summed E-state index contributed by atoms with van der Waals surface area (Å²) in [4.78, 5) is 19.1. The van der Waals surface area contributed by atoms with E-state index in [1.807, 2.05) is 0 Å². The first kappa shape index (κ1) is 6.29. The Balaban J connectivity index is 3.32. The molecule has 0 saturated carbocycles. The summed E-state index contributed by atoms with van der Waals surface area (Å²) in [6.07, 6.45) is -1.39. The highest BCUT2D eigenvalue weighted by atomic mass is 32.1. The van der Waals surface area contributed by atoms with E-state index in [0.717, 1.165) is 0 Å². The fourth-order valence-electron chi connectivity index (χ4n) is 0.0915. The monoisotopic (exact) mass is 121 g/mol. The smallest absolute Gasteiger partial charge is 0.412 e. The molecule has 0 atom stereocenters. The molecular formula is C2H3NO3S. The van der Waals surface area contributed by atoms with Crippen LogP contribution in [-0.2, 0) is 0 Å². The maximum Gasteiger partial charge on any atom is 0.412 e. The van der Waals surface area contributed by atoms with E-state index in [2.05, 4.69) is 12.6 Å². The van der Waals surface area contributed by atoms with Gasteiger partial charge in [0.25, 0.3) is 5.24 Å². The number of amides is 2. The fraction of sp³-hybridized carbons (Fsp3) is 0. The van der Waals surface area contributed by atoms with Crippen LogP contribution in [0.4, 0.5) is 9.59 Å². The predicted molar refractivity (Wildman–Crippen MR) is 25.5 cm³/mol. The summed E-state index contributed by atoms with van der Waals surface area (Å²) in [6.45, 7) is 0. The van der Waals surface area contributed by atoms with Gasteiger partial charge in [0.05, 0.1) is 0 Å². The molecule has 0 radical (unpaired) electrons. The molecule has 0 fully saturated rings. The van der Waals surface area contributed by atoms with Crippen molar-refractivity contribution in [3.63, 3.8) is 0 Å². The number of carboxylic acid groups (broad SMARTS) is 1. The van der Waals surface area contributed by atoms with Gasteiger partial charge in [-0.05, 0) is 0 Å². The van der Waals surface area contributed by atoms with Crippen molar-refractivity contribution < 1.29 is 14.7 Å². The van der Waals surface area contributed by atoms with Crippen molar-refractivity contribution in [1.29, 1.82) is 0 Å². The van der Waals surface area contributed by atoms with E-state index in [9.17, 15) is 9.59 Å². The highest BCUT2D eigenvalue weighted by Gasteiger charge is 1.95. The van der Waals surface area contributed by atoms with E-state index in [-0.39, 0.29) is 0 Å². The molecule has 2 N–H and O–H groups in total. The van der Waals surface area contributed by atoms with Crippen LogP contribution in [-0.4, -0.2) is 16.4 Å². The Hall–Kier alpha value is -0.710. The molecule has 0 unspecified atom stereocenters. The van der Waals surface area contributed by atoms with Crippen molar-refractivity contribution in [3.8, 4) is 0 Å². The molecule has 0 aliphatic rings. The number of nitrogens with one attached hydrogen (secondary N) is 1. The molecule has 40 valence electrons. The molecule has 0 aliphatic carbocycles. The van der Waals surface area contributed by atoms with Crippen LogP contribution in [0.1, 0.15) is 0 Å². The van der Waals surface area contributed by atoms with Gasteiger partial charge in [-0.15, -0.1) is 0 Å². The number of carbonyl (C=O) groups is 2. The molecule has 0 spiro atoms. The van der Waals surface area contributed by atoms with E-state index in [1.54, 1.807) is 0 Å². The Kier molecular flexibility index (Phi) is 2.21. The lowest BCUT2D eigenvalue weighted by Crippen LogP contribution is -2.22. The van der Waals surface area contributed by atoms with Crippen LogP contribution in [0, 0.1) is 0 Å². The molecule has 0 aromatic carbocycles. The first-order valence-corrected chi connectivity index (χ1v) is 1.80. The van der Waals surface area contributed by atoms with Gasteiger partial charge in [-0.25, -0.2) is 4.79 Å². The van der Waals surface area contributed by atoms with E-state index < -0.39 is 11.3 Å². The maximum absolute atomic E-state index is 9.63. The molecule has 0 saturated heterocycles. The minimum absolute atomic E-state index is 0.868. The standard InChI is InChI=1S/C2H3NO3S/c4-1(5)3-2(6)7/h(H,4,5)(H2,3,6,7). The molecule has 0 aliphatic heterocycles. The average molecular weight is 121 g/mol. The number of hydrogen-bond acceptors (Lipinski definition) is 2. The van der Waals surface area contributed by atoms with Crippen LogP contribution >= 0.6 is 12.6 Å². The average Bonchev–Trinajstić information content (AvgIpc) is 1.27. The van der Waals surface area contributed by atoms with Gasteiger partial charge >= 0.3 is 6.09 Å². The van der Waals surface area contributed by atoms with Crippen LogP contribution in [0.3, 0.4) is 0 Å². The summed E-state index contributed by atoms with van der Waals surface area (Å²) >= 11 is 3.11. The van der Waals surface area contributed by atoms with E-state index in [1.165, 1.54) is 5.32 Å². The zero-order valence-electron chi connectivity index (χ0n) is 3.21.